The van der Waals surface area contributed by atoms with Crippen molar-refractivity contribution in [2.45, 2.75) is 170 Å². The van der Waals surface area contributed by atoms with Gasteiger partial charge in [0.1, 0.15) is 0 Å². The van der Waals surface area contributed by atoms with Crippen LogP contribution in [-0.4, -0.2) is 75.8 Å². The molecule has 2 saturated carbocycles. The minimum atomic E-state index is -4.75. The third-order valence-electron chi connectivity index (χ3n) is 14.8. The molecule has 4 bridgehead atoms. The molecule has 0 amide bonds. The van der Waals surface area contributed by atoms with Gasteiger partial charge in [0.2, 0.25) is 15.4 Å². The molecule has 0 radical (unpaired) electrons. The molecule has 54 heavy (non-hydrogen) atoms. The van der Waals surface area contributed by atoms with Crippen molar-refractivity contribution >= 4 is 34.4 Å². The zero-order valence-corrected chi connectivity index (χ0v) is 35.6. The number of ether oxygens (including phenoxy) is 6. The lowest BCUT2D eigenvalue weighted by Crippen LogP contribution is -2.76. The second-order valence-corrected chi connectivity index (χ2v) is 20.8. The molecule has 15 heteroatoms. The van der Waals surface area contributed by atoms with Gasteiger partial charge in [-0.2, -0.15) is 24.9 Å². The van der Waals surface area contributed by atoms with E-state index >= 15 is 13.2 Å². The Hall–Kier alpha value is 0.470. The molecular weight excluding hydrogens is 844 g/mol. The van der Waals surface area contributed by atoms with Gasteiger partial charge in [-0.1, -0.05) is 27.7 Å². The second-order valence-electron chi connectivity index (χ2n) is 18.1. The molecule has 2 aliphatic carbocycles. The number of hydrogen-bond acceptors (Lipinski definition) is 11. The molecule has 2 spiro atoms. The van der Waals surface area contributed by atoms with E-state index < -0.39 is 62.9 Å². The minimum absolute atomic E-state index is 0.0221. The Balaban J connectivity index is 0.788. The number of thioether (sulfide) groups is 1. The van der Waals surface area contributed by atoms with E-state index in [0.29, 0.717) is 37.7 Å². The molecule has 8 aliphatic heterocycles. The first-order valence-corrected chi connectivity index (χ1v) is 22.8. The number of hydrogen-bond donors (Lipinski definition) is 0. The van der Waals surface area contributed by atoms with E-state index in [1.807, 2.05) is 6.92 Å². The standard InChI is InChI=1S/C39H60F3IO10S/c1-23-11-13-29-25(3)37(39(40,41)42,48-31-35(29)27(23)15-17-33(5,46-31)50-52-35)44-19-7-9-21-54-22-10-8-20-45-38(43)26(4)30-14-12-24(2)28-16-18-34(6)47-32(49-38)36(28,30)53-51-34/h23-32H,7-22H2,1-6H3/t23-,24-,25-,26-,27+,28+,29+,30+,31+,32+,33-,34-,35-,36-,37-,38-/m1/s1. The molecule has 10 fully saturated rings. The molecule has 0 aromatic heterocycles. The summed E-state index contributed by atoms with van der Waals surface area (Å²) in [5.41, 5.74) is -1.70. The first-order valence-electron chi connectivity index (χ1n) is 20.6. The Bertz CT molecular complexity index is 1370. The average Bonchev–Trinajstić information content (AvgIpc) is 3.49. The Morgan fingerprint density at radius 2 is 1.11 bits per heavy atom. The Labute approximate surface area is 335 Å². The van der Waals surface area contributed by atoms with Crippen molar-refractivity contribution in [1.29, 1.82) is 0 Å². The van der Waals surface area contributed by atoms with Gasteiger partial charge in [-0.15, -0.1) is 0 Å². The molecule has 0 aromatic carbocycles. The fraction of sp³-hybridized carbons (Fsp3) is 1.00. The third-order valence-corrected chi connectivity index (χ3v) is 17.5. The number of unbranched alkanes of at least 4 members (excludes halogenated alkanes) is 2. The van der Waals surface area contributed by atoms with Crippen molar-refractivity contribution in [3.63, 3.8) is 0 Å². The first kappa shape index (κ1) is 41.2. The van der Waals surface area contributed by atoms with E-state index in [-0.39, 0.29) is 30.3 Å². The van der Waals surface area contributed by atoms with Crippen LogP contribution in [0, 0.1) is 47.3 Å². The summed E-state index contributed by atoms with van der Waals surface area (Å²) in [6.07, 6.45) is 3.13. The van der Waals surface area contributed by atoms with Gasteiger partial charge in [-0.05, 0) is 136 Å². The molecule has 10 aliphatic rings. The van der Waals surface area contributed by atoms with Crippen molar-refractivity contribution in [2.75, 3.05) is 24.7 Å². The molecule has 0 N–H and O–H groups in total. The summed E-state index contributed by atoms with van der Waals surface area (Å²) in [6, 6.07) is 0. The van der Waals surface area contributed by atoms with Gasteiger partial charge in [0.15, 0.2) is 23.8 Å². The summed E-state index contributed by atoms with van der Waals surface area (Å²) in [5, 5.41) is 0. The summed E-state index contributed by atoms with van der Waals surface area (Å²) in [4.78, 5) is 24.1. The van der Waals surface area contributed by atoms with Crippen molar-refractivity contribution in [3.05, 3.63) is 0 Å². The molecule has 10 nitrogen and oxygen atoms in total. The summed E-state index contributed by atoms with van der Waals surface area (Å²) in [6.45, 7) is 12.4. The topological polar surface area (TPSA) is 92.3 Å². The van der Waals surface area contributed by atoms with Crippen LogP contribution in [0.5, 0.6) is 0 Å². The summed E-state index contributed by atoms with van der Waals surface area (Å²) in [7, 11) is 0. The fourth-order valence-corrected chi connectivity index (χ4v) is 13.6. The molecule has 10 rings (SSSR count). The maximum Gasteiger partial charge on any atom is 0.443 e. The van der Waals surface area contributed by atoms with Crippen molar-refractivity contribution < 1.29 is 61.1 Å². The highest BCUT2D eigenvalue weighted by atomic mass is 127. The molecule has 16 atom stereocenters. The van der Waals surface area contributed by atoms with Gasteiger partial charge in [0.05, 0.1) is 13.2 Å². The lowest BCUT2D eigenvalue weighted by atomic mass is 9.57. The van der Waals surface area contributed by atoms with Crippen LogP contribution < -0.4 is 0 Å². The zero-order chi connectivity index (χ0) is 38.4. The van der Waals surface area contributed by atoms with Crippen molar-refractivity contribution in [2.24, 2.45) is 47.3 Å². The van der Waals surface area contributed by atoms with Crippen LogP contribution in [-0.2, 0) is 48.0 Å². The van der Waals surface area contributed by atoms with Gasteiger partial charge in [0.25, 0.3) is 5.79 Å². The minimum Gasteiger partial charge on any atom is -0.342 e. The molecule has 8 saturated heterocycles. The van der Waals surface area contributed by atoms with Gasteiger partial charge < -0.3 is 28.4 Å². The van der Waals surface area contributed by atoms with E-state index in [9.17, 15) is 0 Å². The van der Waals surface area contributed by atoms with E-state index in [1.54, 1.807) is 25.6 Å². The summed E-state index contributed by atoms with van der Waals surface area (Å²) in [5.74, 6) is -3.14. The van der Waals surface area contributed by atoms with E-state index in [0.717, 1.165) is 69.3 Å². The fourth-order valence-electron chi connectivity index (χ4n) is 11.7. The van der Waals surface area contributed by atoms with Gasteiger partial charge >= 0.3 is 6.18 Å². The predicted octanol–water partition coefficient (Wildman–Crippen LogP) is 9.42. The number of halogens is 4. The highest BCUT2D eigenvalue weighted by molar-refractivity contribution is 14.1. The zero-order valence-electron chi connectivity index (χ0n) is 32.6. The first-order chi connectivity index (χ1) is 25.5. The Kier molecular flexibility index (Phi) is 11.4. The molecule has 0 unspecified atom stereocenters. The number of rotatable bonds is 12. The average molecular weight is 905 g/mol. The highest BCUT2D eigenvalue weighted by Crippen LogP contribution is 2.65. The molecular formula is C39H60F3IO10S. The molecule has 8 heterocycles. The Morgan fingerprint density at radius 3 is 1.65 bits per heavy atom. The van der Waals surface area contributed by atoms with E-state index in [1.165, 1.54) is 0 Å². The number of fused-ring (bicyclic) bond motifs is 4. The van der Waals surface area contributed by atoms with Crippen LogP contribution >= 0.6 is 34.4 Å². The number of alkyl halides is 4. The largest absolute Gasteiger partial charge is 0.443 e. The SMILES string of the molecule is C[C@@H]1CC[C@H]2[C@@H](C)[C@@](I)(OCCCCSCCCCO[C@@]3(C(F)(F)F)O[C@@H]4O[C@@]5(C)CC[C@H]6[C@H](C)CC[C@@H]([C@H]3C)[C@@]46OO5)O[C@@H]3O[C@@]4(C)CC[C@@H]1[C@]32OO4. The predicted molar refractivity (Wildman–Crippen MR) is 199 cm³/mol. The quantitative estimate of drug-likeness (QED) is 0.0813. The summed E-state index contributed by atoms with van der Waals surface area (Å²) >= 11 is 4.14. The van der Waals surface area contributed by atoms with Crippen LogP contribution in [0.3, 0.4) is 0 Å². The Morgan fingerprint density at radius 1 is 0.611 bits per heavy atom. The van der Waals surface area contributed by atoms with Gasteiger partial charge in [-0.25, -0.2) is 19.6 Å². The lowest BCUT2D eigenvalue weighted by Gasteiger charge is -2.62. The van der Waals surface area contributed by atoms with Crippen LogP contribution in [0.2, 0.25) is 0 Å². The van der Waals surface area contributed by atoms with Crippen LogP contribution in [0.25, 0.3) is 0 Å². The van der Waals surface area contributed by atoms with Crippen molar-refractivity contribution in [1.82, 2.24) is 0 Å². The smallest absolute Gasteiger partial charge is 0.342 e. The second kappa shape index (κ2) is 14.9. The van der Waals surface area contributed by atoms with Gasteiger partial charge in [-0.3, -0.25) is 0 Å². The molecule has 310 valence electrons. The highest BCUT2D eigenvalue weighted by Gasteiger charge is 2.77. The maximum absolute atomic E-state index is 15.1. The van der Waals surface area contributed by atoms with Gasteiger partial charge in [0, 0.05) is 36.5 Å². The van der Waals surface area contributed by atoms with E-state index in [2.05, 4.69) is 43.4 Å². The maximum atomic E-state index is 15.1. The normalized spacial score (nSPS) is 52.3. The van der Waals surface area contributed by atoms with Crippen LogP contribution in [0.1, 0.15) is 119 Å². The molecule has 0 aromatic rings. The van der Waals surface area contributed by atoms with Crippen LogP contribution in [0.4, 0.5) is 13.2 Å². The third kappa shape index (κ3) is 6.57. The monoisotopic (exact) mass is 904 g/mol. The van der Waals surface area contributed by atoms with Crippen molar-refractivity contribution in [3.8, 4) is 0 Å². The summed E-state index contributed by atoms with van der Waals surface area (Å²) < 4.78 is 82.2. The van der Waals surface area contributed by atoms with Crippen LogP contribution in [0.15, 0.2) is 0 Å². The van der Waals surface area contributed by atoms with E-state index in [4.69, 9.17) is 48.0 Å². The lowest BCUT2D eigenvalue weighted by molar-refractivity contribution is -0.598.